The molecule has 1 N–H and O–H groups in total. The lowest BCUT2D eigenvalue weighted by Crippen LogP contribution is -2.35. The summed E-state index contributed by atoms with van der Waals surface area (Å²) in [6.07, 6.45) is 8.02. The molecule has 2 aliphatic rings. The van der Waals surface area contributed by atoms with E-state index in [-0.39, 0.29) is 22.9 Å². The zero-order chi connectivity index (χ0) is 23.0. The smallest absolute Gasteiger partial charge is 0.264 e. The lowest BCUT2D eigenvalue weighted by molar-refractivity contribution is 0.102. The van der Waals surface area contributed by atoms with Gasteiger partial charge in [-0.15, -0.1) is 0 Å². The Hall–Kier alpha value is -3.13. The Balaban J connectivity index is 1.40. The number of amides is 1. The normalized spacial score (nSPS) is 18.8. The van der Waals surface area contributed by atoms with Crippen molar-refractivity contribution in [2.24, 2.45) is 0 Å². The van der Waals surface area contributed by atoms with E-state index in [1.165, 1.54) is 16.8 Å². The van der Waals surface area contributed by atoms with Crippen LogP contribution in [0.5, 0.6) is 0 Å². The molecular formula is C25H28N4O3S. The van der Waals surface area contributed by atoms with Crippen LogP contribution in [0.3, 0.4) is 0 Å². The van der Waals surface area contributed by atoms with Gasteiger partial charge in [0, 0.05) is 17.7 Å². The van der Waals surface area contributed by atoms with Crippen LogP contribution in [0.1, 0.15) is 61.0 Å². The van der Waals surface area contributed by atoms with Crippen LogP contribution in [0.2, 0.25) is 0 Å². The van der Waals surface area contributed by atoms with Crippen LogP contribution in [0.4, 0.5) is 11.5 Å². The average Bonchev–Trinajstić information content (AvgIpc) is 3.43. The maximum Gasteiger partial charge on any atom is 0.264 e. The minimum absolute atomic E-state index is 0.111. The lowest BCUT2D eigenvalue weighted by Gasteiger charge is -2.25. The Bertz CT molecular complexity index is 1280. The van der Waals surface area contributed by atoms with Crippen LogP contribution in [0.25, 0.3) is 0 Å². The molecule has 0 saturated heterocycles. The van der Waals surface area contributed by atoms with Gasteiger partial charge in [-0.1, -0.05) is 43.5 Å². The molecule has 2 aromatic carbocycles. The van der Waals surface area contributed by atoms with E-state index in [1.54, 1.807) is 30.5 Å². The number of anilines is 2. The van der Waals surface area contributed by atoms with E-state index >= 15 is 0 Å². The SMILES string of the molecule is CC1Cc2ccccc2N1S(=O)(=O)c1cccc(C(=O)Nc2ccnn2C2CCCCC2)c1. The van der Waals surface area contributed by atoms with Gasteiger partial charge in [-0.05, 0) is 56.0 Å². The number of rotatable bonds is 5. The quantitative estimate of drug-likeness (QED) is 0.589. The van der Waals surface area contributed by atoms with Crippen molar-refractivity contribution in [3.8, 4) is 0 Å². The molecule has 33 heavy (non-hydrogen) atoms. The highest BCUT2D eigenvalue weighted by Gasteiger charge is 2.36. The number of carbonyl (C=O) groups is 1. The van der Waals surface area contributed by atoms with Gasteiger partial charge in [0.25, 0.3) is 15.9 Å². The van der Waals surface area contributed by atoms with Crippen LogP contribution in [0, 0.1) is 0 Å². The van der Waals surface area contributed by atoms with Gasteiger partial charge in [0.1, 0.15) is 5.82 Å². The largest absolute Gasteiger partial charge is 0.307 e. The van der Waals surface area contributed by atoms with Gasteiger partial charge in [-0.25, -0.2) is 13.1 Å². The molecule has 8 heteroatoms. The summed E-state index contributed by atoms with van der Waals surface area (Å²) in [6, 6.07) is 15.7. The fourth-order valence-electron chi connectivity index (χ4n) is 5.03. The molecule has 0 bridgehead atoms. The number of sulfonamides is 1. The Labute approximate surface area is 194 Å². The highest BCUT2D eigenvalue weighted by atomic mass is 32.2. The van der Waals surface area contributed by atoms with Crippen molar-refractivity contribution < 1.29 is 13.2 Å². The summed E-state index contributed by atoms with van der Waals surface area (Å²) in [7, 11) is -3.81. The standard InChI is InChI=1S/C25H28N4O3S/c1-18-16-19-8-5-6-13-23(19)29(18)33(31,32)22-12-7-9-20(17-22)25(30)27-24-14-15-26-28(24)21-10-3-2-4-11-21/h5-9,12-15,17-18,21H,2-4,10-11,16H2,1H3,(H,27,30). The molecule has 0 spiro atoms. The molecule has 7 nitrogen and oxygen atoms in total. The van der Waals surface area contributed by atoms with Gasteiger partial charge in [0.2, 0.25) is 0 Å². The second-order valence-electron chi connectivity index (χ2n) is 8.92. The van der Waals surface area contributed by atoms with E-state index in [4.69, 9.17) is 0 Å². The summed E-state index contributed by atoms with van der Waals surface area (Å²) in [4.78, 5) is 13.2. The van der Waals surface area contributed by atoms with Crippen molar-refractivity contribution in [1.29, 1.82) is 0 Å². The van der Waals surface area contributed by atoms with Crippen molar-refractivity contribution in [3.05, 3.63) is 71.9 Å². The van der Waals surface area contributed by atoms with Crippen molar-refractivity contribution in [3.63, 3.8) is 0 Å². The number of para-hydroxylation sites is 1. The van der Waals surface area contributed by atoms with Crippen molar-refractivity contribution in [1.82, 2.24) is 9.78 Å². The van der Waals surface area contributed by atoms with Gasteiger partial charge >= 0.3 is 0 Å². The second-order valence-corrected chi connectivity index (χ2v) is 10.7. The molecule has 1 aliphatic carbocycles. The minimum atomic E-state index is -3.81. The molecule has 1 amide bonds. The zero-order valence-electron chi connectivity index (χ0n) is 18.6. The third kappa shape index (κ3) is 4.04. The predicted molar refractivity (Wildman–Crippen MR) is 128 cm³/mol. The number of nitrogens with one attached hydrogen (secondary N) is 1. The summed E-state index contributed by atoms with van der Waals surface area (Å²) < 4.78 is 30.4. The number of carbonyl (C=O) groups excluding carboxylic acids is 1. The number of fused-ring (bicyclic) bond motifs is 1. The summed E-state index contributed by atoms with van der Waals surface area (Å²) in [6.45, 7) is 1.90. The first-order valence-electron chi connectivity index (χ1n) is 11.5. The summed E-state index contributed by atoms with van der Waals surface area (Å²) in [5.41, 5.74) is 2.02. The van der Waals surface area contributed by atoms with Gasteiger partial charge in [-0.3, -0.25) is 9.10 Å². The Kier molecular flexibility index (Phi) is 5.70. The van der Waals surface area contributed by atoms with Gasteiger partial charge in [0.05, 0.1) is 22.8 Å². The molecule has 3 aromatic rings. The molecule has 1 unspecified atom stereocenters. The molecule has 1 atom stereocenters. The predicted octanol–water partition coefficient (Wildman–Crippen LogP) is 4.78. The van der Waals surface area contributed by atoms with Gasteiger partial charge < -0.3 is 5.32 Å². The Morgan fingerprint density at radius 3 is 2.64 bits per heavy atom. The Morgan fingerprint density at radius 2 is 1.82 bits per heavy atom. The molecule has 1 aromatic heterocycles. The van der Waals surface area contributed by atoms with Crippen LogP contribution in [-0.4, -0.2) is 30.1 Å². The average molecular weight is 465 g/mol. The van der Waals surface area contributed by atoms with Crippen molar-refractivity contribution in [2.75, 3.05) is 9.62 Å². The second kappa shape index (κ2) is 8.67. The number of hydrogen-bond donors (Lipinski definition) is 1. The summed E-state index contributed by atoms with van der Waals surface area (Å²) in [5.74, 6) is 0.293. The maximum atomic E-state index is 13.5. The first-order chi connectivity index (χ1) is 15.9. The van der Waals surface area contributed by atoms with Crippen molar-refractivity contribution >= 4 is 27.4 Å². The lowest BCUT2D eigenvalue weighted by atomic mass is 9.96. The highest BCUT2D eigenvalue weighted by Crippen LogP contribution is 2.36. The van der Waals surface area contributed by atoms with E-state index < -0.39 is 10.0 Å². The van der Waals surface area contributed by atoms with Crippen LogP contribution in [0.15, 0.2) is 65.7 Å². The topological polar surface area (TPSA) is 84.3 Å². The van der Waals surface area contributed by atoms with Crippen LogP contribution >= 0.6 is 0 Å². The number of nitrogens with zero attached hydrogens (tertiary/aromatic N) is 3. The first-order valence-corrected chi connectivity index (χ1v) is 13.0. The minimum Gasteiger partial charge on any atom is -0.307 e. The monoisotopic (exact) mass is 464 g/mol. The molecule has 1 fully saturated rings. The van der Waals surface area contributed by atoms with Crippen molar-refractivity contribution in [2.45, 2.75) is 62.4 Å². The molecule has 1 aliphatic heterocycles. The maximum absolute atomic E-state index is 13.5. The van der Waals surface area contributed by atoms with E-state index in [1.807, 2.05) is 35.9 Å². The third-order valence-corrected chi connectivity index (χ3v) is 8.55. The molecule has 172 valence electrons. The van der Waals surface area contributed by atoms with Gasteiger partial charge in [0.15, 0.2) is 0 Å². The molecular weight excluding hydrogens is 436 g/mol. The summed E-state index contributed by atoms with van der Waals surface area (Å²) in [5, 5.41) is 7.35. The third-order valence-electron chi connectivity index (χ3n) is 6.63. The van der Waals surface area contributed by atoms with E-state index in [2.05, 4.69) is 10.4 Å². The number of hydrogen-bond acceptors (Lipinski definition) is 4. The molecule has 2 heterocycles. The van der Waals surface area contributed by atoms with E-state index in [9.17, 15) is 13.2 Å². The van der Waals surface area contributed by atoms with E-state index in [0.717, 1.165) is 31.2 Å². The number of aromatic nitrogens is 2. The van der Waals surface area contributed by atoms with Crippen LogP contribution in [-0.2, 0) is 16.4 Å². The van der Waals surface area contributed by atoms with E-state index in [0.29, 0.717) is 23.5 Å². The zero-order valence-corrected chi connectivity index (χ0v) is 19.5. The molecule has 0 radical (unpaired) electrons. The fraction of sp³-hybridized carbons (Fsp3) is 0.360. The van der Waals surface area contributed by atoms with Crippen LogP contribution < -0.4 is 9.62 Å². The highest BCUT2D eigenvalue weighted by molar-refractivity contribution is 7.92. The number of benzene rings is 2. The van der Waals surface area contributed by atoms with Gasteiger partial charge in [-0.2, -0.15) is 5.10 Å². The summed E-state index contributed by atoms with van der Waals surface area (Å²) >= 11 is 0. The fourth-order valence-corrected chi connectivity index (χ4v) is 6.77. The first kappa shape index (κ1) is 21.7. The molecule has 1 saturated carbocycles. The Morgan fingerprint density at radius 1 is 1.03 bits per heavy atom. The molecule has 5 rings (SSSR count).